The molecule has 190 valence electrons. The lowest BCUT2D eigenvalue weighted by Crippen LogP contribution is -2.39. The van der Waals surface area contributed by atoms with Gasteiger partial charge in [0.1, 0.15) is 11.5 Å². The van der Waals surface area contributed by atoms with Crippen molar-refractivity contribution >= 4 is 22.8 Å². The monoisotopic (exact) mass is 520 g/mol. The Bertz CT molecular complexity index is 1510. The molecule has 0 bridgehead atoms. The van der Waals surface area contributed by atoms with Gasteiger partial charge in [0.05, 0.1) is 6.54 Å². The fourth-order valence-electron chi connectivity index (χ4n) is 3.69. The van der Waals surface area contributed by atoms with Crippen LogP contribution in [-0.2, 0) is 20.1 Å². The van der Waals surface area contributed by atoms with Crippen LogP contribution in [0.2, 0.25) is 5.02 Å². The summed E-state index contributed by atoms with van der Waals surface area (Å²) in [5.41, 5.74) is -0.236. The lowest BCUT2D eigenvalue weighted by molar-refractivity contribution is -0.159. The fraction of sp³-hybridized carbons (Fsp3) is 0.292. The Kier molecular flexibility index (Phi) is 7.14. The molecule has 0 radical (unpaired) electrons. The number of aryl methyl sites for hydroxylation is 1. The number of benzene rings is 2. The van der Waals surface area contributed by atoms with Crippen molar-refractivity contribution in [1.82, 2.24) is 18.7 Å². The molecule has 0 amide bonds. The highest BCUT2D eigenvalue weighted by atomic mass is 35.5. The number of aliphatic hydroxyl groups excluding tert-OH is 1. The molecule has 4 aromatic rings. The summed E-state index contributed by atoms with van der Waals surface area (Å²) in [5.74, 6) is 0.00846. The molecule has 9 nitrogen and oxygen atoms in total. The van der Waals surface area contributed by atoms with Gasteiger partial charge in [0, 0.05) is 38.2 Å². The van der Waals surface area contributed by atoms with Crippen LogP contribution in [0.3, 0.4) is 0 Å². The average molecular weight is 521 g/mol. The van der Waals surface area contributed by atoms with Gasteiger partial charge in [-0.2, -0.15) is 13.8 Å². The lowest BCUT2D eigenvalue weighted by Gasteiger charge is -2.14. The molecule has 36 heavy (non-hydrogen) atoms. The fourth-order valence-corrected chi connectivity index (χ4v) is 3.81. The second kappa shape index (κ2) is 10.1. The maximum Gasteiger partial charge on any atom is 0.394 e. The van der Waals surface area contributed by atoms with E-state index in [0.717, 1.165) is 10.1 Å². The topological polar surface area (TPSA) is 101 Å². The molecule has 2 aromatic heterocycles. The molecule has 0 fully saturated rings. The zero-order chi connectivity index (χ0) is 26.0. The average Bonchev–Trinajstić information content (AvgIpc) is 3.16. The molecule has 0 saturated carbocycles. The SMILES string of the molecule is Cn1c(=O)n(CCCO)c(=O)c2c1nc(Oc1cccc(OC(C)(F)F)c1)n2Cc1ccc(Cl)cc1. The molecule has 0 unspecified atom stereocenters. The van der Waals surface area contributed by atoms with Gasteiger partial charge >= 0.3 is 17.8 Å². The van der Waals surface area contributed by atoms with Gasteiger partial charge in [-0.25, -0.2) is 4.79 Å². The lowest BCUT2D eigenvalue weighted by atomic mass is 10.2. The van der Waals surface area contributed by atoms with Crippen LogP contribution in [-0.4, -0.2) is 36.5 Å². The first-order valence-electron chi connectivity index (χ1n) is 11.0. The van der Waals surface area contributed by atoms with Crippen molar-refractivity contribution in [2.75, 3.05) is 6.61 Å². The summed E-state index contributed by atoms with van der Waals surface area (Å²) in [6, 6.07) is 12.5. The first-order valence-corrected chi connectivity index (χ1v) is 11.4. The van der Waals surface area contributed by atoms with Crippen LogP contribution in [0.25, 0.3) is 11.2 Å². The number of hydrogen-bond donors (Lipinski definition) is 1. The van der Waals surface area contributed by atoms with Crippen molar-refractivity contribution in [2.24, 2.45) is 7.05 Å². The van der Waals surface area contributed by atoms with E-state index in [2.05, 4.69) is 9.72 Å². The molecule has 12 heteroatoms. The summed E-state index contributed by atoms with van der Waals surface area (Å²) in [4.78, 5) is 30.6. The Morgan fingerprint density at radius 1 is 1.08 bits per heavy atom. The molecule has 0 aliphatic heterocycles. The van der Waals surface area contributed by atoms with E-state index in [1.165, 1.54) is 40.4 Å². The third kappa shape index (κ3) is 5.42. The Morgan fingerprint density at radius 2 is 1.78 bits per heavy atom. The molecule has 4 rings (SSSR count). The number of aliphatic hydroxyl groups is 1. The molecular weight excluding hydrogens is 498 g/mol. The first-order chi connectivity index (χ1) is 17.1. The molecule has 0 spiro atoms. The van der Waals surface area contributed by atoms with E-state index in [1.54, 1.807) is 24.3 Å². The summed E-state index contributed by atoms with van der Waals surface area (Å²) in [5, 5.41) is 9.73. The van der Waals surface area contributed by atoms with Crippen molar-refractivity contribution < 1.29 is 23.4 Å². The van der Waals surface area contributed by atoms with Crippen LogP contribution < -0.4 is 20.7 Å². The van der Waals surface area contributed by atoms with Crippen molar-refractivity contribution in [3.05, 3.63) is 80.0 Å². The predicted octanol–water partition coefficient (Wildman–Crippen LogP) is 3.76. The first kappa shape index (κ1) is 25.4. The van der Waals surface area contributed by atoms with Gasteiger partial charge < -0.3 is 14.6 Å². The molecule has 0 atom stereocenters. The van der Waals surface area contributed by atoms with Crippen LogP contribution in [0.15, 0.2) is 58.1 Å². The van der Waals surface area contributed by atoms with Gasteiger partial charge in [0.2, 0.25) is 0 Å². The minimum Gasteiger partial charge on any atom is -0.433 e. The van der Waals surface area contributed by atoms with Crippen LogP contribution in [0.1, 0.15) is 18.9 Å². The van der Waals surface area contributed by atoms with Crippen molar-refractivity contribution in [3.8, 4) is 17.5 Å². The van der Waals surface area contributed by atoms with E-state index in [0.29, 0.717) is 11.9 Å². The molecule has 1 N–H and O–H groups in total. The number of alkyl halides is 2. The van der Waals surface area contributed by atoms with E-state index in [9.17, 15) is 23.5 Å². The van der Waals surface area contributed by atoms with E-state index >= 15 is 0 Å². The smallest absolute Gasteiger partial charge is 0.394 e. The predicted molar refractivity (Wildman–Crippen MR) is 129 cm³/mol. The number of rotatable bonds is 9. The molecule has 2 heterocycles. The number of fused-ring (bicyclic) bond motifs is 1. The number of halogens is 3. The second-order valence-corrected chi connectivity index (χ2v) is 8.58. The quantitative estimate of drug-likeness (QED) is 0.361. The molecule has 0 saturated heterocycles. The third-order valence-electron chi connectivity index (χ3n) is 5.30. The van der Waals surface area contributed by atoms with E-state index in [1.807, 2.05) is 0 Å². The maximum absolute atomic E-state index is 13.4. The zero-order valence-electron chi connectivity index (χ0n) is 19.5. The van der Waals surface area contributed by atoms with Gasteiger partial charge in [-0.3, -0.25) is 18.5 Å². The molecular formula is C24H23ClF2N4O5. The van der Waals surface area contributed by atoms with E-state index < -0.39 is 17.4 Å². The minimum atomic E-state index is -3.39. The summed E-state index contributed by atoms with van der Waals surface area (Å²) in [6.07, 6.45) is -3.18. The highest BCUT2D eigenvalue weighted by molar-refractivity contribution is 6.30. The van der Waals surface area contributed by atoms with Crippen LogP contribution >= 0.6 is 11.6 Å². The van der Waals surface area contributed by atoms with Crippen LogP contribution in [0.4, 0.5) is 8.78 Å². The number of hydrogen-bond acceptors (Lipinski definition) is 6. The standard InChI is InChI=1S/C24H23ClF2N4O5/c1-24(26,27)36-18-6-3-5-17(13-18)35-22-28-20-19(31(22)14-15-7-9-16(25)10-8-15)21(33)30(11-4-12-32)23(34)29(20)2/h3,5-10,13,32H,4,11-12,14H2,1-2H3. The Morgan fingerprint density at radius 3 is 2.44 bits per heavy atom. The number of aromatic nitrogens is 4. The largest absolute Gasteiger partial charge is 0.433 e. The molecule has 2 aromatic carbocycles. The highest BCUT2D eigenvalue weighted by Gasteiger charge is 2.24. The van der Waals surface area contributed by atoms with Crippen LogP contribution in [0.5, 0.6) is 17.5 Å². The summed E-state index contributed by atoms with van der Waals surface area (Å²) in [6.45, 7) is 0.584. The van der Waals surface area contributed by atoms with Gasteiger partial charge in [-0.1, -0.05) is 29.8 Å². The van der Waals surface area contributed by atoms with Gasteiger partial charge in [0.15, 0.2) is 11.2 Å². The Balaban J connectivity index is 1.87. The van der Waals surface area contributed by atoms with Crippen LogP contribution in [0, 0.1) is 0 Å². The maximum atomic E-state index is 13.4. The van der Waals surface area contributed by atoms with Crippen molar-refractivity contribution in [2.45, 2.75) is 32.5 Å². The van der Waals surface area contributed by atoms with E-state index in [4.69, 9.17) is 16.3 Å². The summed E-state index contributed by atoms with van der Waals surface area (Å²) < 4.78 is 40.9. The summed E-state index contributed by atoms with van der Waals surface area (Å²) >= 11 is 6.00. The number of nitrogens with zero attached hydrogens (tertiary/aromatic N) is 4. The number of ether oxygens (including phenoxy) is 2. The van der Waals surface area contributed by atoms with Gasteiger partial charge in [-0.15, -0.1) is 0 Å². The van der Waals surface area contributed by atoms with Crippen molar-refractivity contribution in [3.63, 3.8) is 0 Å². The second-order valence-electron chi connectivity index (χ2n) is 8.14. The van der Waals surface area contributed by atoms with Gasteiger partial charge in [0.25, 0.3) is 5.56 Å². The van der Waals surface area contributed by atoms with E-state index in [-0.39, 0.29) is 54.8 Å². The van der Waals surface area contributed by atoms with Gasteiger partial charge in [-0.05, 0) is 36.2 Å². The Labute approximate surface area is 208 Å². The normalized spacial score (nSPS) is 11.7. The zero-order valence-corrected chi connectivity index (χ0v) is 20.2. The summed E-state index contributed by atoms with van der Waals surface area (Å²) in [7, 11) is 1.47. The third-order valence-corrected chi connectivity index (χ3v) is 5.55. The Hall–Kier alpha value is -3.70. The van der Waals surface area contributed by atoms with Crippen molar-refractivity contribution in [1.29, 1.82) is 0 Å². The minimum absolute atomic E-state index is 0.0187. The highest BCUT2D eigenvalue weighted by Crippen LogP contribution is 2.29. The number of imidazole rings is 1. The molecule has 0 aliphatic carbocycles. The molecule has 0 aliphatic rings.